The summed E-state index contributed by atoms with van der Waals surface area (Å²) in [6.07, 6.45) is 7.69. The Morgan fingerprint density at radius 1 is 1.35 bits per heavy atom. The molecule has 98 valence electrons. The molecule has 1 aromatic heterocycles. The summed E-state index contributed by atoms with van der Waals surface area (Å²) in [6, 6.07) is 0. The van der Waals surface area contributed by atoms with Crippen molar-refractivity contribution in [2.75, 3.05) is 13.1 Å². The van der Waals surface area contributed by atoms with Crippen LogP contribution in [0.2, 0.25) is 0 Å². The second-order valence-electron chi connectivity index (χ2n) is 5.22. The molecule has 1 aromatic rings. The van der Waals surface area contributed by atoms with Gasteiger partial charge in [0.25, 0.3) is 0 Å². The summed E-state index contributed by atoms with van der Waals surface area (Å²) in [5, 5.41) is 7.89. The number of aryl methyl sites for hydroxylation is 1. The van der Waals surface area contributed by atoms with Crippen molar-refractivity contribution in [3.63, 3.8) is 0 Å². The van der Waals surface area contributed by atoms with Crippen LogP contribution >= 0.6 is 0 Å². The van der Waals surface area contributed by atoms with Crippen molar-refractivity contribution in [1.82, 2.24) is 15.1 Å². The van der Waals surface area contributed by atoms with E-state index >= 15 is 0 Å². The van der Waals surface area contributed by atoms with Crippen LogP contribution in [0.25, 0.3) is 0 Å². The topological polar surface area (TPSA) is 29.9 Å². The lowest BCUT2D eigenvalue weighted by Crippen LogP contribution is -2.33. The van der Waals surface area contributed by atoms with Gasteiger partial charge in [0, 0.05) is 19.3 Å². The van der Waals surface area contributed by atoms with Gasteiger partial charge in [0.15, 0.2) is 0 Å². The molecule has 3 heteroatoms. The molecule has 3 nitrogen and oxygen atoms in total. The first-order valence-electron chi connectivity index (χ1n) is 6.85. The molecule has 0 amide bonds. The van der Waals surface area contributed by atoms with E-state index in [2.05, 4.69) is 44.3 Å². The zero-order valence-electron chi connectivity index (χ0n) is 11.8. The van der Waals surface area contributed by atoms with Gasteiger partial charge in [-0.25, -0.2) is 0 Å². The molecular formula is C14H27N3. The SMILES string of the molecule is CCCNCC(C)(CC)Cc1cnn(CC)c1. The summed E-state index contributed by atoms with van der Waals surface area (Å²) in [5.74, 6) is 0. The monoisotopic (exact) mass is 237 g/mol. The van der Waals surface area contributed by atoms with Gasteiger partial charge in [-0.2, -0.15) is 5.10 Å². The average molecular weight is 237 g/mol. The Balaban J connectivity index is 2.54. The first-order chi connectivity index (χ1) is 8.13. The summed E-state index contributed by atoms with van der Waals surface area (Å²) in [7, 11) is 0. The van der Waals surface area contributed by atoms with E-state index in [4.69, 9.17) is 0 Å². The van der Waals surface area contributed by atoms with Crippen LogP contribution in [0.4, 0.5) is 0 Å². The molecule has 0 radical (unpaired) electrons. The highest BCUT2D eigenvalue weighted by Gasteiger charge is 2.22. The Labute approximate surface area is 106 Å². The molecule has 0 aliphatic carbocycles. The standard InChI is InChI=1S/C14H27N3/c1-5-8-15-12-14(4,6-2)9-13-10-16-17(7-3)11-13/h10-11,15H,5-9,12H2,1-4H3. The highest BCUT2D eigenvalue weighted by molar-refractivity contribution is 5.07. The third-order valence-electron chi connectivity index (χ3n) is 3.47. The molecule has 0 spiro atoms. The van der Waals surface area contributed by atoms with E-state index in [1.807, 2.05) is 10.9 Å². The minimum absolute atomic E-state index is 0.344. The Bertz CT molecular complexity index is 319. The van der Waals surface area contributed by atoms with E-state index in [-0.39, 0.29) is 0 Å². The van der Waals surface area contributed by atoms with Gasteiger partial charge in [-0.3, -0.25) is 4.68 Å². The molecule has 0 bridgehead atoms. The second-order valence-corrected chi connectivity index (χ2v) is 5.22. The minimum Gasteiger partial charge on any atom is -0.316 e. The number of hydrogen-bond donors (Lipinski definition) is 1. The Morgan fingerprint density at radius 3 is 2.65 bits per heavy atom. The first kappa shape index (κ1) is 14.2. The van der Waals surface area contributed by atoms with Crippen LogP contribution in [0.15, 0.2) is 12.4 Å². The van der Waals surface area contributed by atoms with Gasteiger partial charge in [0.05, 0.1) is 6.20 Å². The fourth-order valence-corrected chi connectivity index (χ4v) is 2.04. The smallest absolute Gasteiger partial charge is 0.0521 e. The molecule has 0 aliphatic heterocycles. The molecule has 0 fully saturated rings. The minimum atomic E-state index is 0.344. The largest absolute Gasteiger partial charge is 0.316 e. The molecular weight excluding hydrogens is 210 g/mol. The van der Waals surface area contributed by atoms with Crippen LogP contribution in [0.1, 0.15) is 46.1 Å². The summed E-state index contributed by atoms with van der Waals surface area (Å²) in [6.45, 7) is 12.1. The van der Waals surface area contributed by atoms with Crippen LogP contribution < -0.4 is 5.32 Å². The van der Waals surface area contributed by atoms with Crippen molar-refractivity contribution in [3.05, 3.63) is 18.0 Å². The van der Waals surface area contributed by atoms with Crippen LogP contribution in [0, 0.1) is 5.41 Å². The van der Waals surface area contributed by atoms with Gasteiger partial charge in [-0.15, -0.1) is 0 Å². The molecule has 0 saturated carbocycles. The predicted molar refractivity (Wildman–Crippen MR) is 73.2 cm³/mol. The van der Waals surface area contributed by atoms with E-state index in [9.17, 15) is 0 Å². The Kier molecular flexibility index (Phi) is 5.69. The quantitative estimate of drug-likeness (QED) is 0.705. The van der Waals surface area contributed by atoms with Crippen molar-refractivity contribution in [2.24, 2.45) is 5.41 Å². The van der Waals surface area contributed by atoms with Crippen molar-refractivity contribution in [2.45, 2.75) is 53.5 Å². The first-order valence-corrected chi connectivity index (χ1v) is 6.85. The van der Waals surface area contributed by atoms with Gasteiger partial charge in [0.2, 0.25) is 0 Å². The predicted octanol–water partition coefficient (Wildman–Crippen LogP) is 2.86. The van der Waals surface area contributed by atoms with E-state index < -0.39 is 0 Å². The van der Waals surface area contributed by atoms with Crippen molar-refractivity contribution < 1.29 is 0 Å². The van der Waals surface area contributed by atoms with Crippen LogP contribution in [0.5, 0.6) is 0 Å². The van der Waals surface area contributed by atoms with Crippen LogP contribution in [-0.2, 0) is 13.0 Å². The molecule has 1 heterocycles. The van der Waals surface area contributed by atoms with Gasteiger partial charge in [0.1, 0.15) is 0 Å². The normalized spacial score (nSPS) is 14.8. The maximum atomic E-state index is 4.35. The lowest BCUT2D eigenvalue weighted by atomic mass is 9.82. The van der Waals surface area contributed by atoms with Gasteiger partial charge in [-0.05, 0) is 43.7 Å². The van der Waals surface area contributed by atoms with Gasteiger partial charge < -0.3 is 5.32 Å². The maximum absolute atomic E-state index is 4.35. The van der Waals surface area contributed by atoms with E-state index in [0.29, 0.717) is 5.41 Å². The molecule has 0 saturated heterocycles. The van der Waals surface area contributed by atoms with Gasteiger partial charge >= 0.3 is 0 Å². The van der Waals surface area contributed by atoms with Crippen molar-refractivity contribution in [1.29, 1.82) is 0 Å². The third-order valence-corrected chi connectivity index (χ3v) is 3.47. The number of rotatable bonds is 8. The lowest BCUT2D eigenvalue weighted by molar-refractivity contribution is 0.291. The highest BCUT2D eigenvalue weighted by Crippen LogP contribution is 2.25. The summed E-state index contributed by atoms with van der Waals surface area (Å²) in [4.78, 5) is 0. The summed E-state index contributed by atoms with van der Waals surface area (Å²) < 4.78 is 2.00. The zero-order chi connectivity index (χ0) is 12.7. The summed E-state index contributed by atoms with van der Waals surface area (Å²) in [5.41, 5.74) is 1.70. The number of aromatic nitrogens is 2. The van der Waals surface area contributed by atoms with E-state index in [1.165, 1.54) is 18.4 Å². The molecule has 1 atom stereocenters. The van der Waals surface area contributed by atoms with E-state index in [0.717, 1.165) is 26.1 Å². The maximum Gasteiger partial charge on any atom is 0.0521 e. The molecule has 17 heavy (non-hydrogen) atoms. The summed E-state index contributed by atoms with van der Waals surface area (Å²) >= 11 is 0. The molecule has 1 unspecified atom stereocenters. The van der Waals surface area contributed by atoms with Gasteiger partial charge in [-0.1, -0.05) is 20.8 Å². The molecule has 0 aromatic carbocycles. The molecule has 1 rings (SSSR count). The third kappa shape index (κ3) is 4.50. The van der Waals surface area contributed by atoms with Crippen molar-refractivity contribution in [3.8, 4) is 0 Å². The molecule has 1 N–H and O–H groups in total. The fraction of sp³-hybridized carbons (Fsp3) is 0.786. The number of nitrogens with zero attached hydrogens (tertiary/aromatic N) is 2. The Hall–Kier alpha value is -0.830. The fourth-order valence-electron chi connectivity index (χ4n) is 2.04. The number of hydrogen-bond acceptors (Lipinski definition) is 2. The second kappa shape index (κ2) is 6.80. The van der Waals surface area contributed by atoms with Crippen LogP contribution in [0.3, 0.4) is 0 Å². The lowest BCUT2D eigenvalue weighted by Gasteiger charge is -2.28. The number of nitrogens with one attached hydrogen (secondary N) is 1. The van der Waals surface area contributed by atoms with E-state index in [1.54, 1.807) is 0 Å². The average Bonchev–Trinajstić information content (AvgIpc) is 2.77. The Morgan fingerprint density at radius 2 is 2.12 bits per heavy atom. The molecule has 0 aliphatic rings. The van der Waals surface area contributed by atoms with Crippen LogP contribution in [-0.4, -0.2) is 22.9 Å². The zero-order valence-corrected chi connectivity index (χ0v) is 11.8. The van der Waals surface area contributed by atoms with Crippen molar-refractivity contribution >= 4 is 0 Å². The highest BCUT2D eigenvalue weighted by atomic mass is 15.3.